The molecule has 1 N–H and O–H groups in total. The van der Waals surface area contributed by atoms with Crippen molar-refractivity contribution in [1.82, 2.24) is 0 Å². The van der Waals surface area contributed by atoms with Crippen molar-refractivity contribution in [2.45, 2.75) is 103 Å². The summed E-state index contributed by atoms with van der Waals surface area (Å²) >= 11 is 0. The number of carbonyl (C=O) groups is 1. The van der Waals surface area contributed by atoms with Gasteiger partial charge in [-0.15, -0.1) is 0 Å². The molecule has 0 aromatic rings. The van der Waals surface area contributed by atoms with Crippen molar-refractivity contribution in [1.29, 1.82) is 0 Å². The quantitative estimate of drug-likeness (QED) is 0.333. The van der Waals surface area contributed by atoms with Crippen LogP contribution in [0.1, 0.15) is 78.6 Å². The van der Waals surface area contributed by atoms with E-state index in [1.165, 1.54) is 38.5 Å². The van der Waals surface area contributed by atoms with Gasteiger partial charge in [0.05, 0.1) is 0 Å². The third kappa shape index (κ3) is 4.97. The molecule has 0 aromatic carbocycles. The van der Waals surface area contributed by atoms with Gasteiger partial charge in [0.25, 0.3) is 0 Å². The Morgan fingerprint density at radius 2 is 1.88 bits per heavy atom. The molecule has 0 heterocycles. The van der Waals surface area contributed by atoms with Crippen LogP contribution in [0, 0.1) is 11.3 Å². The third-order valence-corrected chi connectivity index (χ3v) is 11.4. The summed E-state index contributed by atoms with van der Waals surface area (Å²) < 4.78 is 6.87. The number of rotatable bonds is 7. The molecule has 2 saturated carbocycles. The molecule has 3 atom stereocenters. The molecule has 0 aliphatic heterocycles. The van der Waals surface area contributed by atoms with Crippen LogP contribution in [-0.4, -0.2) is 25.5 Å². The molecule has 2 aliphatic rings. The lowest BCUT2D eigenvalue weighted by Gasteiger charge is -2.47. The first-order valence-electron chi connectivity index (χ1n) is 10.1. The molecule has 25 heavy (non-hydrogen) atoms. The number of unbranched alkanes of at least 4 members (excludes halogenated alkanes) is 1. The lowest BCUT2D eigenvalue weighted by Crippen LogP contribution is -2.49. The molecule has 0 spiro atoms. The van der Waals surface area contributed by atoms with E-state index in [2.05, 4.69) is 46.0 Å². The maximum Gasteiger partial charge on any atom is 0.303 e. The number of aliphatic carboxylic acids is 1. The zero-order valence-corrected chi connectivity index (χ0v) is 17.9. The molecule has 0 unspecified atom stereocenters. The molecule has 0 bridgehead atoms. The minimum atomic E-state index is -1.73. The van der Waals surface area contributed by atoms with E-state index in [0.29, 0.717) is 17.4 Å². The highest BCUT2D eigenvalue weighted by molar-refractivity contribution is 6.74. The monoisotopic (exact) mass is 366 g/mol. The van der Waals surface area contributed by atoms with Crippen LogP contribution in [0.5, 0.6) is 0 Å². The van der Waals surface area contributed by atoms with Gasteiger partial charge in [-0.1, -0.05) is 45.8 Å². The molecule has 2 rings (SSSR count). The van der Waals surface area contributed by atoms with E-state index in [0.717, 1.165) is 12.8 Å². The number of fused-ring (bicyclic) bond motifs is 1. The van der Waals surface area contributed by atoms with Gasteiger partial charge >= 0.3 is 5.97 Å². The van der Waals surface area contributed by atoms with Gasteiger partial charge in [-0.3, -0.25) is 4.79 Å². The normalized spacial score (nSPS) is 30.6. The van der Waals surface area contributed by atoms with Gasteiger partial charge in [0.15, 0.2) is 8.32 Å². The summed E-state index contributed by atoms with van der Waals surface area (Å²) in [6, 6.07) is 0. The second-order valence-electron chi connectivity index (χ2n) is 9.73. The molecular weight excluding hydrogens is 328 g/mol. The van der Waals surface area contributed by atoms with Crippen molar-refractivity contribution in [3.8, 4) is 0 Å². The summed E-state index contributed by atoms with van der Waals surface area (Å²) in [6.07, 6.45) is 14.7. The molecule has 0 saturated heterocycles. The fraction of sp³-hybridized carbons (Fsp3) is 0.857. The van der Waals surface area contributed by atoms with E-state index >= 15 is 0 Å². The highest BCUT2D eigenvalue weighted by atomic mass is 28.4. The van der Waals surface area contributed by atoms with Crippen molar-refractivity contribution < 1.29 is 14.3 Å². The summed E-state index contributed by atoms with van der Waals surface area (Å²) in [7, 11) is -1.73. The first-order valence-corrected chi connectivity index (χ1v) is 13.1. The predicted molar refractivity (Wildman–Crippen MR) is 106 cm³/mol. The Hall–Kier alpha value is -0.613. The zero-order valence-electron chi connectivity index (χ0n) is 16.9. The first-order chi connectivity index (χ1) is 11.6. The van der Waals surface area contributed by atoms with Crippen LogP contribution in [0.2, 0.25) is 18.1 Å². The average molecular weight is 367 g/mol. The molecule has 2 aliphatic carbocycles. The van der Waals surface area contributed by atoms with Gasteiger partial charge < -0.3 is 9.53 Å². The van der Waals surface area contributed by atoms with Crippen molar-refractivity contribution in [3.63, 3.8) is 0 Å². The van der Waals surface area contributed by atoms with Crippen LogP contribution in [0.25, 0.3) is 0 Å². The van der Waals surface area contributed by atoms with Crippen LogP contribution >= 0.6 is 0 Å². The van der Waals surface area contributed by atoms with Crippen molar-refractivity contribution in [3.05, 3.63) is 12.2 Å². The highest BCUT2D eigenvalue weighted by Crippen LogP contribution is 2.55. The van der Waals surface area contributed by atoms with Gasteiger partial charge in [-0.2, -0.15) is 0 Å². The van der Waals surface area contributed by atoms with Crippen LogP contribution < -0.4 is 0 Å². The molecule has 3 nitrogen and oxygen atoms in total. The lowest BCUT2D eigenvalue weighted by atomic mass is 9.66. The van der Waals surface area contributed by atoms with E-state index in [1.807, 2.05) is 0 Å². The predicted octanol–water partition coefficient (Wildman–Crippen LogP) is 6.16. The van der Waals surface area contributed by atoms with Crippen LogP contribution in [0.15, 0.2) is 12.2 Å². The second-order valence-corrected chi connectivity index (χ2v) is 14.5. The SMILES string of the molecule is CC(C)(C)[Si](C)(C)O[C@@H]1CCC[C@]2(/C=C\CCCC(=O)O)CCC[C@@H]12. The van der Waals surface area contributed by atoms with E-state index in [-0.39, 0.29) is 11.5 Å². The van der Waals surface area contributed by atoms with E-state index in [4.69, 9.17) is 9.53 Å². The largest absolute Gasteiger partial charge is 0.481 e. The molecule has 0 amide bonds. The topological polar surface area (TPSA) is 46.5 Å². The summed E-state index contributed by atoms with van der Waals surface area (Å²) in [6.45, 7) is 11.7. The standard InChI is InChI=1S/C21H38O3Si/c1-20(2,3)25(4,5)24-18-12-10-16-21(15-9-11-17(18)21)14-8-6-7-13-19(22)23/h8,14,17-18H,6-7,9-13,15-16H2,1-5H3,(H,22,23)/b14-8-/t17-,18+,21-/m0/s1. The van der Waals surface area contributed by atoms with E-state index in [1.54, 1.807) is 0 Å². The number of carboxylic acids is 1. The molecule has 144 valence electrons. The fourth-order valence-electron chi connectivity index (χ4n) is 4.50. The van der Waals surface area contributed by atoms with Gasteiger partial charge in [0.2, 0.25) is 0 Å². The fourth-order valence-corrected chi connectivity index (χ4v) is 5.89. The number of carboxylic acid groups (broad SMARTS) is 1. The Morgan fingerprint density at radius 3 is 2.48 bits per heavy atom. The number of allylic oxidation sites excluding steroid dienone is 2. The Bertz CT molecular complexity index is 492. The van der Waals surface area contributed by atoms with Crippen molar-refractivity contribution in [2.24, 2.45) is 11.3 Å². The second kappa shape index (κ2) is 7.95. The Balaban J connectivity index is 2.04. The molecule has 0 radical (unpaired) electrons. The Kier molecular flexibility index (Phi) is 6.58. The molecular formula is C21H38O3Si. The maximum absolute atomic E-state index is 10.7. The first kappa shape index (κ1) is 20.7. The van der Waals surface area contributed by atoms with Crippen molar-refractivity contribution in [2.75, 3.05) is 0 Å². The molecule has 4 heteroatoms. The number of hydrogen-bond acceptors (Lipinski definition) is 2. The summed E-state index contributed by atoms with van der Waals surface area (Å²) in [5.74, 6) is -0.0306. The Morgan fingerprint density at radius 1 is 1.24 bits per heavy atom. The van der Waals surface area contributed by atoms with Crippen LogP contribution in [0.4, 0.5) is 0 Å². The smallest absolute Gasteiger partial charge is 0.303 e. The van der Waals surface area contributed by atoms with Gasteiger partial charge in [-0.25, -0.2) is 0 Å². The zero-order chi connectivity index (χ0) is 18.7. The maximum atomic E-state index is 10.7. The number of hydrogen-bond donors (Lipinski definition) is 1. The van der Waals surface area contributed by atoms with Gasteiger partial charge in [-0.05, 0) is 68.0 Å². The van der Waals surface area contributed by atoms with Crippen LogP contribution in [0.3, 0.4) is 0 Å². The van der Waals surface area contributed by atoms with Gasteiger partial charge in [0, 0.05) is 12.5 Å². The molecule has 0 aromatic heterocycles. The average Bonchev–Trinajstić information content (AvgIpc) is 2.90. The summed E-state index contributed by atoms with van der Waals surface area (Å²) in [4.78, 5) is 10.7. The highest BCUT2D eigenvalue weighted by Gasteiger charge is 2.50. The van der Waals surface area contributed by atoms with E-state index in [9.17, 15) is 4.79 Å². The van der Waals surface area contributed by atoms with Crippen molar-refractivity contribution >= 4 is 14.3 Å². The van der Waals surface area contributed by atoms with Gasteiger partial charge in [0.1, 0.15) is 0 Å². The summed E-state index contributed by atoms with van der Waals surface area (Å²) in [5.41, 5.74) is 0.314. The van der Waals surface area contributed by atoms with E-state index < -0.39 is 14.3 Å². The van der Waals surface area contributed by atoms with Crippen LogP contribution in [-0.2, 0) is 9.22 Å². The minimum Gasteiger partial charge on any atom is -0.481 e. The minimum absolute atomic E-state index is 0.262. The third-order valence-electron chi connectivity index (χ3n) is 6.94. The summed E-state index contributed by atoms with van der Waals surface area (Å²) in [5, 5.41) is 9.04. The Labute approximate surface area is 155 Å². The molecule has 2 fully saturated rings. The lowest BCUT2D eigenvalue weighted by molar-refractivity contribution is -0.137.